The van der Waals surface area contributed by atoms with Gasteiger partial charge in [0, 0.05) is 17.1 Å². The van der Waals surface area contributed by atoms with Gasteiger partial charge in [-0.1, -0.05) is 24.3 Å². The van der Waals surface area contributed by atoms with E-state index < -0.39 is 26.5 Å². The highest BCUT2D eigenvalue weighted by atomic mass is 32.2. The molecule has 0 aliphatic carbocycles. The molecule has 11 heteroatoms. The number of hydrogen-bond acceptors (Lipinski definition) is 9. The first-order valence-corrected chi connectivity index (χ1v) is 11.9. The summed E-state index contributed by atoms with van der Waals surface area (Å²) in [4.78, 5) is -0.595. The molecule has 0 saturated heterocycles. The zero-order valence-corrected chi connectivity index (χ0v) is 19.3. The molecule has 0 bridgehead atoms. The number of rotatable bonds is 7. The largest absolute Gasteiger partial charge is 0.505 e. The second kappa shape index (κ2) is 9.87. The first-order chi connectivity index (χ1) is 16.8. The van der Waals surface area contributed by atoms with Crippen LogP contribution < -0.4 is 10.5 Å². The summed E-state index contributed by atoms with van der Waals surface area (Å²) in [6.45, 7) is 2.10. The topological polar surface area (TPSA) is 159 Å². The molecule has 35 heavy (non-hydrogen) atoms. The molecule has 0 unspecified atom stereocenters. The van der Waals surface area contributed by atoms with E-state index in [0.717, 1.165) is 0 Å². The van der Waals surface area contributed by atoms with Gasteiger partial charge >= 0.3 is 0 Å². The molecule has 0 radical (unpaired) electrons. The normalized spacial score (nSPS) is 12.1. The molecule has 0 heterocycles. The second-order valence-corrected chi connectivity index (χ2v) is 8.74. The van der Waals surface area contributed by atoms with Crippen LogP contribution in [-0.2, 0) is 10.1 Å². The van der Waals surface area contributed by atoms with E-state index in [1.807, 2.05) is 30.3 Å². The van der Waals surface area contributed by atoms with Crippen LogP contribution in [0.3, 0.4) is 0 Å². The molecule has 0 aliphatic rings. The van der Waals surface area contributed by atoms with Crippen LogP contribution in [0, 0.1) is 0 Å². The molecular formula is C24H21N5O5S. The fourth-order valence-electron chi connectivity index (χ4n) is 3.28. The van der Waals surface area contributed by atoms with Crippen molar-refractivity contribution >= 4 is 49.3 Å². The van der Waals surface area contributed by atoms with Crippen molar-refractivity contribution in [3.8, 4) is 11.5 Å². The molecule has 0 atom stereocenters. The van der Waals surface area contributed by atoms with Gasteiger partial charge in [0.25, 0.3) is 10.1 Å². The molecule has 0 fully saturated rings. The maximum Gasteiger partial charge on any atom is 0.296 e. The number of hydrogen-bond donors (Lipinski definition) is 3. The maximum absolute atomic E-state index is 12.0. The summed E-state index contributed by atoms with van der Waals surface area (Å²) in [7, 11) is -4.73. The van der Waals surface area contributed by atoms with E-state index >= 15 is 0 Å². The van der Waals surface area contributed by atoms with Crippen LogP contribution in [0.25, 0.3) is 10.8 Å². The Morgan fingerprint density at radius 1 is 0.886 bits per heavy atom. The number of nitrogen functional groups attached to an aromatic ring is 1. The highest BCUT2D eigenvalue weighted by molar-refractivity contribution is 7.86. The summed E-state index contributed by atoms with van der Waals surface area (Å²) < 4.78 is 39.4. The van der Waals surface area contributed by atoms with E-state index in [2.05, 4.69) is 20.5 Å². The molecule has 4 aromatic carbocycles. The van der Waals surface area contributed by atoms with Crippen LogP contribution in [0.5, 0.6) is 11.5 Å². The highest BCUT2D eigenvalue weighted by Gasteiger charge is 2.22. The summed E-state index contributed by atoms with van der Waals surface area (Å²) in [5, 5.41) is 27.7. The zero-order valence-electron chi connectivity index (χ0n) is 18.5. The minimum absolute atomic E-state index is 0.249. The molecular weight excluding hydrogens is 470 g/mol. The SMILES string of the molecule is CCOc1cc(N=Nc2ccccc2)ccc1N=Nc1c(S(=O)(=O)O)cc2ccc(N)cc2c1O. The quantitative estimate of drug-likeness (QED) is 0.150. The van der Waals surface area contributed by atoms with E-state index in [-0.39, 0.29) is 11.1 Å². The van der Waals surface area contributed by atoms with E-state index in [4.69, 9.17) is 10.5 Å². The van der Waals surface area contributed by atoms with Crippen molar-refractivity contribution in [2.45, 2.75) is 11.8 Å². The van der Waals surface area contributed by atoms with Gasteiger partial charge < -0.3 is 15.6 Å². The lowest BCUT2D eigenvalue weighted by molar-refractivity contribution is 0.341. The third-order valence-corrected chi connectivity index (χ3v) is 5.76. The number of fused-ring (bicyclic) bond motifs is 1. The van der Waals surface area contributed by atoms with Crippen LogP contribution in [0.1, 0.15) is 6.92 Å². The third-order valence-electron chi connectivity index (χ3n) is 4.89. The average Bonchev–Trinajstić information content (AvgIpc) is 2.83. The predicted octanol–water partition coefficient (Wildman–Crippen LogP) is 6.60. The minimum atomic E-state index is -4.73. The van der Waals surface area contributed by atoms with E-state index in [1.165, 1.54) is 18.2 Å². The van der Waals surface area contributed by atoms with Crippen molar-refractivity contribution in [1.29, 1.82) is 0 Å². The Bertz CT molecular complexity index is 1550. The molecule has 178 valence electrons. The Labute approximate surface area is 201 Å². The summed E-state index contributed by atoms with van der Waals surface area (Å²) in [6, 6.07) is 19.7. The Kier molecular flexibility index (Phi) is 6.71. The number of nitrogens with zero attached hydrogens (tertiary/aromatic N) is 4. The first-order valence-electron chi connectivity index (χ1n) is 10.4. The summed E-state index contributed by atoms with van der Waals surface area (Å²) >= 11 is 0. The van der Waals surface area contributed by atoms with Gasteiger partial charge in [0.05, 0.1) is 18.0 Å². The molecule has 0 aromatic heterocycles. The molecule has 4 rings (SSSR count). The standard InChI is InChI=1S/C24H21N5O5S/c1-2-34-21-14-18(27-26-17-6-4-3-5-7-17)10-11-20(21)28-29-23-22(35(31,32)33)12-15-8-9-16(25)13-19(15)24(23)30/h3-14,30H,2,25H2,1H3,(H,31,32,33). The lowest BCUT2D eigenvalue weighted by Crippen LogP contribution is -1.99. The van der Waals surface area contributed by atoms with E-state index in [9.17, 15) is 18.1 Å². The van der Waals surface area contributed by atoms with Gasteiger partial charge in [0.1, 0.15) is 22.0 Å². The zero-order chi connectivity index (χ0) is 25.0. The third kappa shape index (κ3) is 5.42. The Morgan fingerprint density at radius 2 is 1.63 bits per heavy atom. The molecule has 0 aliphatic heterocycles. The molecule has 4 N–H and O–H groups in total. The van der Waals surface area contributed by atoms with E-state index in [0.29, 0.717) is 34.8 Å². The number of nitrogens with two attached hydrogens (primary N) is 1. The summed E-state index contributed by atoms with van der Waals surface area (Å²) in [6.07, 6.45) is 0. The van der Waals surface area contributed by atoms with Crippen LogP contribution in [-0.4, -0.2) is 24.7 Å². The van der Waals surface area contributed by atoms with Crippen molar-refractivity contribution in [1.82, 2.24) is 0 Å². The molecule has 0 saturated carbocycles. The number of phenolic OH excluding ortho intramolecular Hbond substituents is 1. The second-order valence-electron chi connectivity index (χ2n) is 7.35. The molecule has 4 aromatic rings. The van der Waals surface area contributed by atoms with Crippen LogP contribution >= 0.6 is 0 Å². The van der Waals surface area contributed by atoms with Gasteiger partial charge in [0.2, 0.25) is 0 Å². The smallest absolute Gasteiger partial charge is 0.296 e. The molecule has 0 spiro atoms. The number of azo groups is 2. The minimum Gasteiger partial charge on any atom is -0.505 e. The van der Waals surface area contributed by atoms with Crippen LogP contribution in [0.4, 0.5) is 28.4 Å². The van der Waals surface area contributed by atoms with Gasteiger partial charge in [-0.3, -0.25) is 4.55 Å². The van der Waals surface area contributed by atoms with Crippen molar-refractivity contribution < 1.29 is 22.8 Å². The van der Waals surface area contributed by atoms with Crippen molar-refractivity contribution in [3.63, 3.8) is 0 Å². The maximum atomic E-state index is 12.0. The van der Waals surface area contributed by atoms with Gasteiger partial charge in [-0.25, -0.2) is 0 Å². The van der Waals surface area contributed by atoms with Gasteiger partial charge in [-0.2, -0.15) is 18.6 Å². The molecule has 10 nitrogen and oxygen atoms in total. The Hall–Kier alpha value is -4.35. The lowest BCUT2D eigenvalue weighted by Gasteiger charge is -2.10. The Morgan fingerprint density at radius 3 is 2.34 bits per heavy atom. The van der Waals surface area contributed by atoms with Gasteiger partial charge in [-0.15, -0.1) is 10.2 Å². The van der Waals surface area contributed by atoms with E-state index in [1.54, 1.807) is 31.2 Å². The lowest BCUT2D eigenvalue weighted by atomic mass is 10.1. The molecule has 0 amide bonds. The van der Waals surface area contributed by atoms with Crippen molar-refractivity contribution in [2.24, 2.45) is 20.5 Å². The summed E-state index contributed by atoms with van der Waals surface area (Å²) in [5.41, 5.74) is 7.15. The fraction of sp³-hybridized carbons (Fsp3) is 0.0833. The number of anilines is 1. The highest BCUT2D eigenvalue weighted by Crippen LogP contribution is 2.43. The first kappa shape index (κ1) is 23.8. The number of aromatic hydroxyl groups is 1. The number of benzene rings is 4. The fourth-order valence-corrected chi connectivity index (χ4v) is 3.94. The predicted molar refractivity (Wildman–Crippen MR) is 132 cm³/mol. The number of phenols is 1. The van der Waals surface area contributed by atoms with Crippen LogP contribution in [0.15, 0.2) is 98.1 Å². The van der Waals surface area contributed by atoms with Crippen LogP contribution in [0.2, 0.25) is 0 Å². The number of ether oxygens (including phenoxy) is 1. The van der Waals surface area contributed by atoms with Crippen molar-refractivity contribution in [2.75, 3.05) is 12.3 Å². The van der Waals surface area contributed by atoms with Crippen molar-refractivity contribution in [3.05, 3.63) is 72.8 Å². The summed E-state index contributed by atoms with van der Waals surface area (Å²) in [5.74, 6) is -0.170. The monoisotopic (exact) mass is 491 g/mol. The van der Waals surface area contributed by atoms with Gasteiger partial charge in [-0.05, 0) is 54.8 Å². The van der Waals surface area contributed by atoms with Gasteiger partial charge in [0.15, 0.2) is 5.75 Å². The Balaban J connectivity index is 1.76. The average molecular weight is 492 g/mol.